The number of nitriles is 1. The van der Waals surface area contributed by atoms with Gasteiger partial charge in [-0.15, -0.1) is 0 Å². The molecule has 0 bridgehead atoms. The molecule has 0 amide bonds. The van der Waals surface area contributed by atoms with E-state index in [-0.39, 0.29) is 0 Å². The van der Waals surface area contributed by atoms with E-state index in [1.54, 1.807) is 12.2 Å². The molecule has 3 heteroatoms. The highest BCUT2D eigenvalue weighted by Gasteiger charge is 1.82. The lowest BCUT2D eigenvalue weighted by Crippen LogP contribution is -1.85. The van der Waals surface area contributed by atoms with Crippen molar-refractivity contribution in [2.45, 2.75) is 0 Å². The van der Waals surface area contributed by atoms with Crippen molar-refractivity contribution in [2.24, 2.45) is 0 Å². The minimum absolute atomic E-state index is 1.28. The normalized spacial score (nSPS) is 8.43. The Hall–Kier alpha value is -1.30. The number of nitrogens with zero attached hydrogens (tertiary/aromatic N) is 1. The van der Waals surface area contributed by atoms with Crippen molar-refractivity contribution in [3.63, 3.8) is 0 Å². The number of hydrogen-bond donors (Lipinski definition) is 1. The standard InChI is InChI=1S/C4HNO2/c5-3-1-2-4(6)7/h(H,6,7). The summed E-state index contributed by atoms with van der Waals surface area (Å²) in [5, 5.41) is 15.3. The number of aliphatic carboxylic acids is 1. The van der Waals surface area contributed by atoms with Crippen molar-refractivity contribution in [2.75, 3.05) is 0 Å². The summed E-state index contributed by atoms with van der Waals surface area (Å²) in [5.74, 6) is -1.28. The molecule has 34 valence electrons. The predicted octanol–water partition coefficient (Wildman–Crippen LogP) is -0.243. The van der Waals surface area contributed by atoms with Gasteiger partial charge in [0.2, 0.25) is 0 Å². The highest BCUT2D eigenvalue weighted by Crippen LogP contribution is 1.62. The number of carbonyl (C=O) groups is 1. The summed E-state index contributed by atoms with van der Waals surface area (Å²) in [6.45, 7) is 0. The molecule has 0 atom stereocenters. The molecule has 0 saturated carbocycles. The van der Waals surface area contributed by atoms with Crippen LogP contribution >= 0.6 is 0 Å². The maximum absolute atomic E-state index is 9.43. The number of carboxylic acids is 1. The molecule has 0 aromatic carbocycles. The molecule has 0 unspecified atom stereocenters. The molecule has 2 radical (unpaired) electrons. The van der Waals surface area contributed by atoms with Gasteiger partial charge in [-0.1, -0.05) is 0 Å². The van der Waals surface area contributed by atoms with Gasteiger partial charge in [0, 0.05) is 0 Å². The van der Waals surface area contributed by atoms with Crippen LogP contribution in [0.1, 0.15) is 0 Å². The topological polar surface area (TPSA) is 61.1 Å². The van der Waals surface area contributed by atoms with Crippen LogP contribution in [0.4, 0.5) is 0 Å². The number of allylic oxidation sites excluding steroid dienone is 1. The lowest BCUT2D eigenvalue weighted by Gasteiger charge is -1.65. The van der Waals surface area contributed by atoms with Gasteiger partial charge in [-0.2, -0.15) is 5.26 Å². The summed E-state index contributed by atoms with van der Waals surface area (Å²) in [6.07, 6.45) is 3.30. The minimum Gasteiger partial charge on any atom is -0.478 e. The average molecular weight is 95.1 g/mol. The predicted molar refractivity (Wildman–Crippen MR) is 19.7 cm³/mol. The molecular formula is C4HNO2. The Kier molecular flexibility index (Phi) is 2.37. The van der Waals surface area contributed by atoms with E-state index in [0.717, 1.165) is 0 Å². The van der Waals surface area contributed by atoms with E-state index in [2.05, 4.69) is 0 Å². The Morgan fingerprint density at radius 3 is 2.43 bits per heavy atom. The molecule has 7 heavy (non-hydrogen) atoms. The number of carboxylic acid groups (broad SMARTS) is 1. The van der Waals surface area contributed by atoms with E-state index < -0.39 is 5.97 Å². The lowest BCUT2D eigenvalue weighted by atomic mass is 10.5. The zero-order valence-corrected chi connectivity index (χ0v) is 3.30. The molecule has 0 aliphatic heterocycles. The highest BCUT2D eigenvalue weighted by atomic mass is 16.4. The van der Waals surface area contributed by atoms with E-state index >= 15 is 0 Å². The maximum Gasteiger partial charge on any atom is 0.338 e. The fourth-order valence-electron chi connectivity index (χ4n) is 0.0814. The molecule has 0 aliphatic rings. The Balaban J connectivity index is 3.53. The molecule has 1 N–H and O–H groups in total. The Morgan fingerprint density at radius 2 is 2.29 bits per heavy atom. The molecule has 3 nitrogen and oxygen atoms in total. The zero-order valence-electron chi connectivity index (χ0n) is 3.30. The monoisotopic (exact) mass is 95.0 g/mol. The van der Waals surface area contributed by atoms with Gasteiger partial charge in [0.1, 0.15) is 6.07 Å². The van der Waals surface area contributed by atoms with E-state index in [0.29, 0.717) is 0 Å². The third-order valence-corrected chi connectivity index (χ3v) is 0.225. The van der Waals surface area contributed by atoms with Crippen molar-refractivity contribution >= 4 is 5.97 Å². The molecule has 0 rings (SSSR count). The van der Waals surface area contributed by atoms with Gasteiger partial charge in [-0.25, -0.2) is 4.79 Å². The van der Waals surface area contributed by atoms with Crippen LogP contribution in [0.15, 0.2) is 0 Å². The second-order valence-corrected chi connectivity index (χ2v) is 0.667. The van der Waals surface area contributed by atoms with Crippen molar-refractivity contribution in [3.8, 4) is 6.07 Å². The van der Waals surface area contributed by atoms with Gasteiger partial charge in [0.05, 0.1) is 12.2 Å². The van der Waals surface area contributed by atoms with Crippen LogP contribution in [-0.2, 0) is 4.79 Å². The van der Waals surface area contributed by atoms with Crippen LogP contribution < -0.4 is 0 Å². The fraction of sp³-hybridized carbons (Fsp3) is 0. The molecule has 0 aromatic rings. The number of rotatable bonds is 1. The number of hydrogen-bond acceptors (Lipinski definition) is 2. The molecule has 0 fully saturated rings. The summed E-state index contributed by atoms with van der Waals surface area (Å²) in [4.78, 5) is 9.43. The Labute approximate surface area is 40.5 Å². The molecule has 0 aromatic heterocycles. The minimum atomic E-state index is -1.28. The second-order valence-electron chi connectivity index (χ2n) is 0.667. The third-order valence-electron chi connectivity index (χ3n) is 0.225. The van der Waals surface area contributed by atoms with Crippen LogP contribution in [0.25, 0.3) is 0 Å². The van der Waals surface area contributed by atoms with Crippen molar-refractivity contribution < 1.29 is 9.90 Å². The smallest absolute Gasteiger partial charge is 0.338 e. The first-order chi connectivity index (χ1) is 3.27. The Morgan fingerprint density at radius 1 is 1.71 bits per heavy atom. The Bertz CT molecular complexity index is 131. The average Bonchev–Trinajstić information content (AvgIpc) is 1.61. The molecule has 0 saturated heterocycles. The van der Waals surface area contributed by atoms with Gasteiger partial charge in [-0.3, -0.25) is 0 Å². The van der Waals surface area contributed by atoms with Crippen LogP contribution in [0.3, 0.4) is 0 Å². The summed E-state index contributed by atoms with van der Waals surface area (Å²) < 4.78 is 0. The SMILES string of the molecule is N#C/[C]=[C]/C(=O)O. The first-order valence-electron chi connectivity index (χ1n) is 1.40. The third kappa shape index (κ3) is 4.70. The van der Waals surface area contributed by atoms with Crippen molar-refractivity contribution in [1.82, 2.24) is 0 Å². The fourth-order valence-corrected chi connectivity index (χ4v) is 0.0814. The maximum atomic E-state index is 9.43. The second kappa shape index (κ2) is 2.91. The molecule has 0 heterocycles. The quantitative estimate of drug-likeness (QED) is 0.361. The summed E-state index contributed by atoms with van der Waals surface area (Å²) in [7, 11) is 0. The summed E-state index contributed by atoms with van der Waals surface area (Å²) in [5.41, 5.74) is 0. The van der Waals surface area contributed by atoms with Crippen molar-refractivity contribution in [1.29, 1.82) is 5.26 Å². The van der Waals surface area contributed by atoms with E-state index in [1.807, 2.05) is 0 Å². The highest BCUT2D eigenvalue weighted by molar-refractivity contribution is 5.74. The van der Waals surface area contributed by atoms with Crippen LogP contribution in [0.5, 0.6) is 0 Å². The zero-order chi connectivity index (χ0) is 5.70. The first kappa shape index (κ1) is 5.70. The van der Waals surface area contributed by atoms with Gasteiger partial charge in [0.25, 0.3) is 0 Å². The molecule has 0 spiro atoms. The summed E-state index contributed by atoms with van der Waals surface area (Å²) >= 11 is 0. The van der Waals surface area contributed by atoms with Crippen LogP contribution in [-0.4, -0.2) is 11.1 Å². The van der Waals surface area contributed by atoms with E-state index in [1.165, 1.54) is 6.07 Å². The van der Waals surface area contributed by atoms with Gasteiger partial charge in [0.15, 0.2) is 0 Å². The van der Waals surface area contributed by atoms with Gasteiger partial charge in [-0.05, 0) is 0 Å². The largest absolute Gasteiger partial charge is 0.478 e. The van der Waals surface area contributed by atoms with Crippen LogP contribution in [0.2, 0.25) is 0 Å². The summed E-state index contributed by atoms with van der Waals surface area (Å²) in [6, 6.07) is 1.36. The van der Waals surface area contributed by atoms with Gasteiger partial charge < -0.3 is 5.11 Å². The molecular weight excluding hydrogens is 94.0 g/mol. The van der Waals surface area contributed by atoms with E-state index in [9.17, 15) is 4.79 Å². The van der Waals surface area contributed by atoms with Gasteiger partial charge >= 0.3 is 5.97 Å². The van der Waals surface area contributed by atoms with Crippen molar-refractivity contribution in [3.05, 3.63) is 12.2 Å². The lowest BCUT2D eigenvalue weighted by molar-refractivity contribution is -0.132. The van der Waals surface area contributed by atoms with Crippen LogP contribution in [0, 0.1) is 23.5 Å². The first-order valence-corrected chi connectivity index (χ1v) is 1.40. The molecule has 0 aliphatic carbocycles. The van der Waals surface area contributed by atoms with E-state index in [4.69, 9.17) is 10.4 Å².